The molecule has 1 aliphatic rings. The second-order valence-electron chi connectivity index (χ2n) is 9.83. The van der Waals surface area contributed by atoms with Crippen molar-refractivity contribution in [1.82, 2.24) is 4.90 Å². The Morgan fingerprint density at radius 1 is 1.03 bits per heavy atom. The predicted molar refractivity (Wildman–Crippen MR) is 155 cm³/mol. The van der Waals surface area contributed by atoms with Crippen molar-refractivity contribution >= 4 is 40.8 Å². The van der Waals surface area contributed by atoms with E-state index in [1.807, 2.05) is 55.5 Å². The summed E-state index contributed by atoms with van der Waals surface area (Å²) in [5.74, 6) is 0.358. The first-order valence-corrected chi connectivity index (χ1v) is 13.6. The molecule has 0 spiro atoms. The summed E-state index contributed by atoms with van der Waals surface area (Å²) in [7, 11) is 0. The number of likely N-dealkylation sites (tertiary alicyclic amines) is 1. The normalized spacial score (nSPS) is 14.5. The van der Waals surface area contributed by atoms with Crippen LogP contribution in [0.4, 0.5) is 11.4 Å². The van der Waals surface area contributed by atoms with E-state index in [0.717, 1.165) is 61.4 Å². The molecule has 3 aromatic rings. The third-order valence-electron chi connectivity index (χ3n) is 7.04. The van der Waals surface area contributed by atoms with Crippen LogP contribution < -0.4 is 5.32 Å². The number of aryl methyl sites for hydroxylation is 1. The van der Waals surface area contributed by atoms with Gasteiger partial charge in [-0.3, -0.25) is 14.5 Å². The highest BCUT2D eigenvalue weighted by Crippen LogP contribution is 2.28. The average molecular weight is 531 g/mol. The molecule has 1 aliphatic heterocycles. The van der Waals surface area contributed by atoms with Gasteiger partial charge in [-0.15, -0.1) is 0 Å². The average Bonchev–Trinajstić information content (AvgIpc) is 2.90. The van der Waals surface area contributed by atoms with Crippen LogP contribution in [-0.4, -0.2) is 42.9 Å². The number of nitrogens with zero attached hydrogens (tertiary/aromatic N) is 1. The molecule has 1 heterocycles. The standard InChI is InChI=1S/C32H35ClN2O3/c1-23-8-3-5-11-28(23)32(37)29-14-13-27(22-30(29)33)34-31-12-6-4-9-26(31)10-7-18-35-19-15-25(16-20-35)17-21-38-24(2)36/h3-14,22,25,34H,15-21H2,1-2H3. The molecule has 1 saturated heterocycles. The van der Waals surface area contributed by atoms with Crippen LogP contribution >= 0.6 is 11.6 Å². The number of ketones is 1. The fraction of sp³-hybridized carbons (Fsp3) is 0.312. The maximum absolute atomic E-state index is 13.0. The van der Waals surface area contributed by atoms with E-state index < -0.39 is 0 Å². The van der Waals surface area contributed by atoms with Gasteiger partial charge in [0.25, 0.3) is 0 Å². The van der Waals surface area contributed by atoms with Crippen molar-refractivity contribution in [2.45, 2.75) is 33.1 Å². The van der Waals surface area contributed by atoms with Gasteiger partial charge in [-0.2, -0.15) is 0 Å². The molecule has 0 aliphatic carbocycles. The number of para-hydroxylation sites is 1. The monoisotopic (exact) mass is 530 g/mol. The summed E-state index contributed by atoms with van der Waals surface area (Å²) >= 11 is 6.55. The molecular weight excluding hydrogens is 496 g/mol. The molecule has 198 valence electrons. The number of carbonyl (C=O) groups is 2. The van der Waals surface area contributed by atoms with Crippen molar-refractivity contribution in [2.24, 2.45) is 5.92 Å². The van der Waals surface area contributed by atoms with Gasteiger partial charge in [0.2, 0.25) is 0 Å². The molecular formula is C32H35ClN2O3. The molecule has 0 aromatic heterocycles. The molecule has 0 radical (unpaired) electrons. The fourth-order valence-corrected chi connectivity index (χ4v) is 5.08. The molecule has 0 unspecified atom stereocenters. The summed E-state index contributed by atoms with van der Waals surface area (Å²) in [6, 6.07) is 21.2. The first kappa shape index (κ1) is 27.6. The molecule has 0 atom stereocenters. The third kappa shape index (κ3) is 7.56. The van der Waals surface area contributed by atoms with Crippen molar-refractivity contribution in [1.29, 1.82) is 0 Å². The van der Waals surface area contributed by atoms with E-state index in [4.69, 9.17) is 16.3 Å². The van der Waals surface area contributed by atoms with Crippen LogP contribution in [0.5, 0.6) is 0 Å². The Bertz CT molecular complexity index is 1300. The Morgan fingerprint density at radius 2 is 1.76 bits per heavy atom. The molecule has 0 saturated carbocycles. The molecule has 1 N–H and O–H groups in total. The van der Waals surface area contributed by atoms with E-state index >= 15 is 0 Å². The first-order chi connectivity index (χ1) is 18.4. The van der Waals surface area contributed by atoms with Crippen LogP contribution in [-0.2, 0) is 9.53 Å². The summed E-state index contributed by atoms with van der Waals surface area (Å²) in [6.45, 7) is 6.93. The zero-order chi connectivity index (χ0) is 26.9. The second kappa shape index (κ2) is 13.4. The number of nitrogens with one attached hydrogen (secondary N) is 1. The second-order valence-corrected chi connectivity index (χ2v) is 10.2. The minimum Gasteiger partial charge on any atom is -0.466 e. The van der Waals surface area contributed by atoms with Crippen molar-refractivity contribution < 1.29 is 14.3 Å². The van der Waals surface area contributed by atoms with Crippen molar-refractivity contribution in [3.63, 3.8) is 0 Å². The van der Waals surface area contributed by atoms with Crippen LogP contribution in [0, 0.1) is 12.8 Å². The number of hydrogen-bond donors (Lipinski definition) is 1. The lowest BCUT2D eigenvalue weighted by molar-refractivity contribution is -0.141. The Hall–Kier alpha value is -3.41. The van der Waals surface area contributed by atoms with E-state index in [9.17, 15) is 9.59 Å². The quantitative estimate of drug-likeness (QED) is 0.220. The zero-order valence-corrected chi connectivity index (χ0v) is 22.8. The van der Waals surface area contributed by atoms with Gasteiger partial charge in [0, 0.05) is 36.0 Å². The number of anilines is 2. The Labute approximate surface area is 230 Å². The smallest absolute Gasteiger partial charge is 0.302 e. The summed E-state index contributed by atoms with van der Waals surface area (Å²) in [5, 5.41) is 3.88. The number of piperidine rings is 1. The maximum Gasteiger partial charge on any atom is 0.302 e. The van der Waals surface area contributed by atoms with Gasteiger partial charge in [-0.25, -0.2) is 0 Å². The van der Waals surface area contributed by atoms with Gasteiger partial charge >= 0.3 is 5.97 Å². The zero-order valence-electron chi connectivity index (χ0n) is 22.1. The molecule has 5 nitrogen and oxygen atoms in total. The molecule has 4 rings (SSSR count). The molecule has 3 aromatic carbocycles. The fourth-order valence-electron chi connectivity index (χ4n) is 4.82. The molecule has 1 fully saturated rings. The van der Waals surface area contributed by atoms with Gasteiger partial charge in [0.15, 0.2) is 5.78 Å². The molecule has 38 heavy (non-hydrogen) atoms. The Morgan fingerprint density at radius 3 is 2.50 bits per heavy atom. The SMILES string of the molecule is CC(=O)OCCC1CCN(CC=Cc2ccccc2Nc2ccc(C(=O)c3ccccc3C)c(Cl)c2)CC1. The van der Waals surface area contributed by atoms with Gasteiger partial charge in [-0.1, -0.05) is 66.2 Å². The molecule has 0 amide bonds. The van der Waals surface area contributed by atoms with Crippen LogP contribution in [0.3, 0.4) is 0 Å². The van der Waals surface area contributed by atoms with Crippen molar-refractivity contribution in [3.05, 3.63) is 100 Å². The van der Waals surface area contributed by atoms with Gasteiger partial charge in [0.1, 0.15) is 0 Å². The van der Waals surface area contributed by atoms with Crippen molar-refractivity contribution in [2.75, 3.05) is 31.6 Å². The number of carbonyl (C=O) groups excluding carboxylic acids is 2. The summed E-state index contributed by atoms with van der Waals surface area (Å²) < 4.78 is 5.09. The Kier molecular flexibility index (Phi) is 9.74. The van der Waals surface area contributed by atoms with Crippen LogP contribution in [0.2, 0.25) is 5.02 Å². The Balaban J connectivity index is 1.34. The number of hydrogen-bond acceptors (Lipinski definition) is 5. The lowest BCUT2D eigenvalue weighted by atomic mass is 9.94. The number of halogens is 1. The summed E-state index contributed by atoms with van der Waals surface area (Å²) in [6.07, 6.45) is 7.57. The topological polar surface area (TPSA) is 58.6 Å². The molecule has 0 bridgehead atoms. The van der Waals surface area contributed by atoms with E-state index in [0.29, 0.717) is 28.7 Å². The van der Waals surface area contributed by atoms with Gasteiger partial charge in [0.05, 0.1) is 11.6 Å². The van der Waals surface area contributed by atoms with E-state index in [1.54, 1.807) is 12.1 Å². The number of benzene rings is 3. The highest BCUT2D eigenvalue weighted by Gasteiger charge is 2.18. The number of rotatable bonds is 10. The number of ether oxygens (including phenoxy) is 1. The minimum absolute atomic E-state index is 0.0728. The van der Waals surface area contributed by atoms with E-state index in [1.165, 1.54) is 6.92 Å². The lowest BCUT2D eigenvalue weighted by Crippen LogP contribution is -2.34. The van der Waals surface area contributed by atoms with Crippen LogP contribution in [0.15, 0.2) is 72.8 Å². The largest absolute Gasteiger partial charge is 0.466 e. The molecule has 6 heteroatoms. The maximum atomic E-state index is 13.0. The van der Waals surface area contributed by atoms with E-state index in [2.05, 4.69) is 28.4 Å². The number of esters is 1. The van der Waals surface area contributed by atoms with Crippen molar-refractivity contribution in [3.8, 4) is 0 Å². The van der Waals surface area contributed by atoms with E-state index in [-0.39, 0.29) is 11.8 Å². The highest BCUT2D eigenvalue weighted by molar-refractivity contribution is 6.35. The highest BCUT2D eigenvalue weighted by atomic mass is 35.5. The summed E-state index contributed by atoms with van der Waals surface area (Å²) in [5.41, 5.74) is 4.97. The minimum atomic E-state index is -0.198. The third-order valence-corrected chi connectivity index (χ3v) is 7.36. The van der Waals surface area contributed by atoms with Gasteiger partial charge < -0.3 is 10.1 Å². The lowest BCUT2D eigenvalue weighted by Gasteiger charge is -2.31. The van der Waals surface area contributed by atoms with Crippen LogP contribution in [0.1, 0.15) is 53.2 Å². The first-order valence-electron chi connectivity index (χ1n) is 13.2. The predicted octanol–water partition coefficient (Wildman–Crippen LogP) is 7.30. The van der Waals surface area contributed by atoms with Gasteiger partial charge in [-0.05, 0) is 80.6 Å². The van der Waals surface area contributed by atoms with Crippen LogP contribution in [0.25, 0.3) is 6.08 Å². The summed E-state index contributed by atoms with van der Waals surface area (Å²) in [4.78, 5) is 26.4.